The zero-order valence-electron chi connectivity index (χ0n) is 8.55. The molecule has 0 aromatic carbocycles. The number of methoxy groups -OCH3 is 1. The van der Waals surface area contributed by atoms with Gasteiger partial charge in [0.15, 0.2) is 5.22 Å². The molecule has 0 amide bonds. The van der Waals surface area contributed by atoms with Gasteiger partial charge in [-0.25, -0.2) is 0 Å². The van der Waals surface area contributed by atoms with Crippen molar-refractivity contribution in [1.29, 1.82) is 0 Å². The second kappa shape index (κ2) is 6.06. The lowest BCUT2D eigenvalue weighted by Crippen LogP contribution is -2.25. The summed E-state index contributed by atoms with van der Waals surface area (Å²) in [4.78, 5) is 0. The molecule has 1 atom stereocenters. The Morgan fingerprint density at radius 3 is 2.93 bits per heavy atom. The molecule has 0 bridgehead atoms. The molecule has 0 aliphatic rings. The molecular formula is C10H16ClNO2. The van der Waals surface area contributed by atoms with Crippen LogP contribution in [0.15, 0.2) is 16.7 Å². The van der Waals surface area contributed by atoms with E-state index < -0.39 is 0 Å². The summed E-state index contributed by atoms with van der Waals surface area (Å²) in [5.41, 5.74) is 0.960. The highest BCUT2D eigenvalue weighted by atomic mass is 35.5. The molecule has 1 N–H and O–H groups in total. The number of rotatable bonds is 6. The van der Waals surface area contributed by atoms with E-state index in [1.54, 1.807) is 13.4 Å². The summed E-state index contributed by atoms with van der Waals surface area (Å²) >= 11 is 5.89. The molecule has 80 valence electrons. The van der Waals surface area contributed by atoms with Gasteiger partial charge in [0, 0.05) is 12.7 Å². The van der Waals surface area contributed by atoms with Gasteiger partial charge in [0.05, 0.1) is 18.9 Å². The Kier molecular flexibility index (Phi) is 5.01. The average Bonchev–Trinajstić information content (AvgIpc) is 2.59. The first-order valence-corrected chi connectivity index (χ1v) is 5.12. The van der Waals surface area contributed by atoms with Crippen molar-refractivity contribution in [3.63, 3.8) is 0 Å². The monoisotopic (exact) mass is 217 g/mol. The largest absolute Gasteiger partial charge is 0.453 e. The summed E-state index contributed by atoms with van der Waals surface area (Å²) < 4.78 is 10.2. The fraction of sp³-hybridized carbons (Fsp3) is 0.600. The molecule has 1 heterocycles. The Bertz CT molecular complexity index is 262. The predicted molar refractivity (Wildman–Crippen MR) is 56.6 cm³/mol. The number of hydrogen-bond acceptors (Lipinski definition) is 3. The fourth-order valence-electron chi connectivity index (χ4n) is 1.30. The van der Waals surface area contributed by atoms with Crippen LogP contribution >= 0.6 is 11.6 Å². The third kappa shape index (κ3) is 3.01. The normalized spacial score (nSPS) is 13.1. The van der Waals surface area contributed by atoms with Crippen molar-refractivity contribution in [3.8, 4) is 0 Å². The lowest BCUT2D eigenvalue weighted by molar-refractivity contribution is 0.167. The van der Waals surface area contributed by atoms with Crippen LogP contribution in [0.3, 0.4) is 0 Å². The summed E-state index contributed by atoms with van der Waals surface area (Å²) in [6.07, 6.45) is 2.67. The zero-order valence-corrected chi connectivity index (χ0v) is 9.30. The van der Waals surface area contributed by atoms with Gasteiger partial charge in [-0.1, -0.05) is 6.92 Å². The van der Waals surface area contributed by atoms with E-state index in [1.807, 2.05) is 6.07 Å². The molecule has 0 saturated heterocycles. The lowest BCUT2D eigenvalue weighted by atomic mass is 10.1. The molecule has 0 spiro atoms. The van der Waals surface area contributed by atoms with Crippen LogP contribution in [-0.4, -0.2) is 20.3 Å². The van der Waals surface area contributed by atoms with Crippen molar-refractivity contribution in [2.75, 3.05) is 20.3 Å². The van der Waals surface area contributed by atoms with Gasteiger partial charge in [0.2, 0.25) is 0 Å². The first kappa shape index (κ1) is 11.6. The van der Waals surface area contributed by atoms with Crippen LogP contribution < -0.4 is 5.32 Å². The van der Waals surface area contributed by atoms with E-state index in [1.165, 1.54) is 0 Å². The molecule has 4 heteroatoms. The van der Waals surface area contributed by atoms with Gasteiger partial charge in [-0.05, 0) is 30.6 Å². The third-order valence-corrected chi connectivity index (χ3v) is 2.30. The summed E-state index contributed by atoms with van der Waals surface area (Å²) in [5, 5.41) is 3.78. The minimum atomic E-state index is 0.117. The maximum absolute atomic E-state index is 5.89. The Labute approximate surface area is 89.4 Å². The molecule has 0 saturated carbocycles. The van der Waals surface area contributed by atoms with Crippen LogP contribution in [0.4, 0.5) is 0 Å². The van der Waals surface area contributed by atoms with Crippen LogP contribution in [0.5, 0.6) is 0 Å². The van der Waals surface area contributed by atoms with E-state index in [0.717, 1.165) is 18.5 Å². The van der Waals surface area contributed by atoms with Crippen molar-refractivity contribution >= 4 is 11.6 Å². The maximum atomic E-state index is 5.89. The van der Waals surface area contributed by atoms with E-state index in [-0.39, 0.29) is 6.04 Å². The second-order valence-corrected chi connectivity index (χ2v) is 3.45. The highest BCUT2D eigenvalue weighted by Crippen LogP contribution is 2.24. The summed E-state index contributed by atoms with van der Waals surface area (Å²) in [7, 11) is 1.68. The number of nitrogens with one attached hydrogen (secondary N) is 1. The molecule has 0 radical (unpaired) electrons. The van der Waals surface area contributed by atoms with Crippen LogP contribution in [0.2, 0.25) is 5.22 Å². The van der Waals surface area contributed by atoms with E-state index in [4.69, 9.17) is 20.8 Å². The molecule has 1 rings (SSSR count). The van der Waals surface area contributed by atoms with Crippen molar-refractivity contribution in [1.82, 2.24) is 5.32 Å². The van der Waals surface area contributed by atoms with Crippen LogP contribution in [-0.2, 0) is 4.74 Å². The number of furan rings is 1. The van der Waals surface area contributed by atoms with Gasteiger partial charge in [0.25, 0.3) is 0 Å². The molecule has 0 fully saturated rings. The molecule has 0 aliphatic carbocycles. The van der Waals surface area contributed by atoms with E-state index in [2.05, 4.69) is 12.2 Å². The summed E-state index contributed by atoms with van der Waals surface area (Å²) in [6, 6.07) is 1.99. The lowest BCUT2D eigenvalue weighted by Gasteiger charge is -2.16. The zero-order chi connectivity index (χ0) is 10.4. The van der Waals surface area contributed by atoms with Gasteiger partial charge >= 0.3 is 0 Å². The summed E-state index contributed by atoms with van der Waals surface area (Å²) in [6.45, 7) is 3.66. The molecule has 1 aromatic rings. The highest BCUT2D eigenvalue weighted by molar-refractivity contribution is 6.29. The van der Waals surface area contributed by atoms with Gasteiger partial charge < -0.3 is 14.5 Å². The topological polar surface area (TPSA) is 34.4 Å². The Balaban J connectivity index is 2.62. The number of halogens is 1. The Morgan fingerprint density at radius 1 is 1.64 bits per heavy atom. The minimum Gasteiger partial charge on any atom is -0.453 e. The average molecular weight is 218 g/mol. The molecule has 14 heavy (non-hydrogen) atoms. The molecule has 1 unspecified atom stereocenters. The quantitative estimate of drug-likeness (QED) is 0.796. The van der Waals surface area contributed by atoms with Gasteiger partial charge in [-0.3, -0.25) is 0 Å². The van der Waals surface area contributed by atoms with E-state index in [9.17, 15) is 0 Å². The maximum Gasteiger partial charge on any atom is 0.197 e. The van der Waals surface area contributed by atoms with Gasteiger partial charge in [-0.2, -0.15) is 0 Å². The first-order valence-electron chi connectivity index (χ1n) is 4.74. The van der Waals surface area contributed by atoms with Crippen molar-refractivity contribution in [2.45, 2.75) is 19.4 Å². The number of hydrogen-bond donors (Lipinski definition) is 1. The van der Waals surface area contributed by atoms with Crippen LogP contribution in [0, 0.1) is 0 Å². The van der Waals surface area contributed by atoms with Crippen LogP contribution in [0.1, 0.15) is 24.9 Å². The van der Waals surface area contributed by atoms with E-state index in [0.29, 0.717) is 11.8 Å². The molecule has 1 aromatic heterocycles. The number of ether oxygens (including phenoxy) is 1. The van der Waals surface area contributed by atoms with Crippen molar-refractivity contribution in [3.05, 3.63) is 23.1 Å². The second-order valence-electron chi connectivity index (χ2n) is 3.11. The Morgan fingerprint density at radius 2 is 2.43 bits per heavy atom. The highest BCUT2D eigenvalue weighted by Gasteiger charge is 2.15. The molecular weight excluding hydrogens is 202 g/mol. The predicted octanol–water partition coefficient (Wildman–Crippen LogP) is 2.62. The van der Waals surface area contributed by atoms with Crippen molar-refractivity contribution < 1.29 is 9.15 Å². The van der Waals surface area contributed by atoms with Gasteiger partial charge in [0.1, 0.15) is 0 Å². The molecule has 3 nitrogen and oxygen atoms in total. The van der Waals surface area contributed by atoms with Crippen LogP contribution in [0.25, 0.3) is 0 Å². The minimum absolute atomic E-state index is 0.117. The third-order valence-electron chi connectivity index (χ3n) is 2.00. The first-order chi connectivity index (χ1) is 6.79. The Hall–Kier alpha value is -0.510. The van der Waals surface area contributed by atoms with Gasteiger partial charge in [-0.15, -0.1) is 0 Å². The SMILES string of the molecule is CCCNC(COC)c1ccoc1Cl. The van der Waals surface area contributed by atoms with E-state index >= 15 is 0 Å². The molecule has 0 aliphatic heterocycles. The smallest absolute Gasteiger partial charge is 0.197 e. The van der Waals surface area contributed by atoms with Crippen molar-refractivity contribution in [2.24, 2.45) is 0 Å². The fourth-order valence-corrected chi connectivity index (χ4v) is 1.54. The standard InChI is InChI=1S/C10H16ClNO2/c1-3-5-12-9(7-13-2)8-4-6-14-10(8)11/h4,6,9,12H,3,5,7H2,1-2H3. The summed E-state index contributed by atoms with van der Waals surface area (Å²) in [5.74, 6) is 0.